The van der Waals surface area contributed by atoms with E-state index in [1.54, 1.807) is 0 Å². The summed E-state index contributed by atoms with van der Waals surface area (Å²) in [6, 6.07) is -3.11. The number of unbranched alkanes of at least 4 members (excludes halogenated alkanes) is 1. The van der Waals surface area contributed by atoms with Gasteiger partial charge < -0.3 is 31.9 Å². The predicted octanol–water partition coefficient (Wildman–Crippen LogP) is -1.52. The lowest BCUT2D eigenvalue weighted by Crippen LogP contribution is -2.54. The average Bonchev–Trinajstić information content (AvgIpc) is 3.02. The molecule has 0 aromatic heterocycles. The van der Waals surface area contributed by atoms with E-state index >= 15 is 0 Å². The molecule has 10 heteroatoms. The molecule has 0 unspecified atom stereocenters. The number of nitrogens with two attached hydrogens (primary N) is 2. The fourth-order valence-corrected chi connectivity index (χ4v) is 2.79. The monoisotopic (exact) mass is 358 g/mol. The van der Waals surface area contributed by atoms with Gasteiger partial charge in [-0.15, -0.1) is 0 Å². The number of carboxylic acid groups (broad SMARTS) is 2. The van der Waals surface area contributed by atoms with Gasteiger partial charge in [0.2, 0.25) is 11.8 Å². The molecule has 0 bridgehead atoms. The average molecular weight is 358 g/mol. The van der Waals surface area contributed by atoms with E-state index in [1.165, 1.54) is 4.90 Å². The van der Waals surface area contributed by atoms with Gasteiger partial charge in [-0.05, 0) is 32.2 Å². The van der Waals surface area contributed by atoms with Crippen LogP contribution in [0.1, 0.15) is 38.5 Å². The highest BCUT2D eigenvalue weighted by atomic mass is 16.4. The predicted molar refractivity (Wildman–Crippen MR) is 87.4 cm³/mol. The van der Waals surface area contributed by atoms with Gasteiger partial charge in [-0.1, -0.05) is 6.42 Å². The standard InChI is InChI=1S/C15H26N4O6/c16-6-2-1-4-9(17)14(23)19-7-3-5-11(19)13(22)18-10(15(24)25)8-12(20)21/h9-11H,1-8,16-17H2,(H,18,22)(H,20,21)(H,24,25)/t9-,10-,11-/m0/s1. The molecular weight excluding hydrogens is 332 g/mol. The zero-order chi connectivity index (χ0) is 19.0. The minimum absolute atomic E-state index is 0.359. The zero-order valence-electron chi connectivity index (χ0n) is 14.0. The fourth-order valence-electron chi connectivity index (χ4n) is 2.79. The van der Waals surface area contributed by atoms with Crippen molar-refractivity contribution in [2.24, 2.45) is 11.5 Å². The Morgan fingerprint density at radius 1 is 1.20 bits per heavy atom. The Labute approximate surface area is 145 Å². The number of hydrogen-bond acceptors (Lipinski definition) is 6. The summed E-state index contributed by atoms with van der Waals surface area (Å²) in [7, 11) is 0. The highest BCUT2D eigenvalue weighted by Crippen LogP contribution is 2.19. The molecule has 2 amide bonds. The number of likely N-dealkylation sites (tertiary alicyclic amines) is 1. The number of carbonyl (C=O) groups is 4. The molecule has 0 aromatic rings. The molecule has 142 valence electrons. The van der Waals surface area contributed by atoms with Crippen LogP contribution < -0.4 is 16.8 Å². The normalized spacial score (nSPS) is 19.3. The zero-order valence-corrected chi connectivity index (χ0v) is 14.0. The Balaban J connectivity index is 2.68. The van der Waals surface area contributed by atoms with Crippen molar-refractivity contribution in [1.29, 1.82) is 0 Å². The smallest absolute Gasteiger partial charge is 0.326 e. The van der Waals surface area contributed by atoms with Gasteiger partial charge in [0.1, 0.15) is 12.1 Å². The van der Waals surface area contributed by atoms with E-state index in [-0.39, 0.29) is 5.91 Å². The number of amides is 2. The summed E-state index contributed by atoms with van der Waals surface area (Å²) in [4.78, 5) is 47.9. The maximum Gasteiger partial charge on any atom is 0.326 e. The van der Waals surface area contributed by atoms with Gasteiger partial charge in [-0.3, -0.25) is 14.4 Å². The van der Waals surface area contributed by atoms with Gasteiger partial charge in [0.05, 0.1) is 12.5 Å². The quantitative estimate of drug-likeness (QED) is 0.292. The van der Waals surface area contributed by atoms with Crippen molar-refractivity contribution in [3.05, 3.63) is 0 Å². The van der Waals surface area contributed by atoms with Crippen LogP contribution in [0.2, 0.25) is 0 Å². The second-order valence-electron chi connectivity index (χ2n) is 6.08. The molecule has 1 aliphatic heterocycles. The first-order valence-electron chi connectivity index (χ1n) is 8.29. The van der Waals surface area contributed by atoms with E-state index in [2.05, 4.69) is 5.32 Å². The fraction of sp³-hybridized carbons (Fsp3) is 0.733. The molecule has 3 atom stereocenters. The van der Waals surface area contributed by atoms with Crippen molar-refractivity contribution in [3.8, 4) is 0 Å². The molecule has 0 aliphatic carbocycles. The van der Waals surface area contributed by atoms with Crippen LogP contribution in [-0.2, 0) is 19.2 Å². The van der Waals surface area contributed by atoms with Crippen LogP contribution in [-0.4, -0.2) is 70.1 Å². The topological polar surface area (TPSA) is 176 Å². The van der Waals surface area contributed by atoms with E-state index in [1.807, 2.05) is 0 Å². The molecule has 1 saturated heterocycles. The number of carboxylic acids is 2. The van der Waals surface area contributed by atoms with Gasteiger partial charge in [0.25, 0.3) is 0 Å². The second-order valence-corrected chi connectivity index (χ2v) is 6.08. The summed E-state index contributed by atoms with van der Waals surface area (Å²) in [6.07, 6.45) is 2.15. The van der Waals surface area contributed by atoms with Gasteiger partial charge >= 0.3 is 11.9 Å². The van der Waals surface area contributed by atoms with E-state index in [9.17, 15) is 19.2 Å². The van der Waals surface area contributed by atoms with E-state index < -0.39 is 42.4 Å². The first-order chi connectivity index (χ1) is 11.8. The van der Waals surface area contributed by atoms with Crippen LogP contribution in [0.4, 0.5) is 0 Å². The number of nitrogens with one attached hydrogen (secondary N) is 1. The van der Waals surface area contributed by atoms with Gasteiger partial charge in [-0.25, -0.2) is 4.79 Å². The van der Waals surface area contributed by atoms with Crippen molar-refractivity contribution in [1.82, 2.24) is 10.2 Å². The van der Waals surface area contributed by atoms with Crippen LogP contribution in [0.25, 0.3) is 0 Å². The number of rotatable bonds is 10. The molecule has 1 fully saturated rings. The van der Waals surface area contributed by atoms with Crippen LogP contribution in [0.5, 0.6) is 0 Å². The highest BCUT2D eigenvalue weighted by molar-refractivity contribution is 5.93. The Hall–Kier alpha value is -2.20. The third-order valence-electron chi connectivity index (χ3n) is 4.12. The van der Waals surface area contributed by atoms with Crippen LogP contribution in [0, 0.1) is 0 Å². The summed E-state index contributed by atoms with van der Waals surface area (Å²) < 4.78 is 0. The molecule has 7 N–H and O–H groups in total. The minimum atomic E-state index is -1.54. The number of nitrogens with zero attached hydrogens (tertiary/aromatic N) is 1. The summed E-state index contributed by atoms with van der Waals surface area (Å²) in [5, 5.41) is 19.9. The molecule has 0 aromatic carbocycles. The van der Waals surface area contributed by atoms with E-state index in [0.717, 1.165) is 6.42 Å². The number of aliphatic carboxylic acids is 2. The Bertz CT molecular complexity index is 512. The van der Waals surface area contributed by atoms with Gasteiger partial charge in [0, 0.05) is 6.54 Å². The van der Waals surface area contributed by atoms with Crippen LogP contribution in [0.15, 0.2) is 0 Å². The second kappa shape index (κ2) is 9.94. The lowest BCUT2D eigenvalue weighted by molar-refractivity contribution is -0.148. The molecule has 1 rings (SSSR count). The van der Waals surface area contributed by atoms with Crippen LogP contribution >= 0.6 is 0 Å². The summed E-state index contributed by atoms with van der Waals surface area (Å²) in [5.74, 6) is -3.81. The Morgan fingerprint density at radius 2 is 1.88 bits per heavy atom. The molecular formula is C15H26N4O6. The molecule has 0 saturated carbocycles. The Morgan fingerprint density at radius 3 is 2.44 bits per heavy atom. The maximum absolute atomic E-state index is 12.4. The number of carbonyl (C=O) groups excluding carboxylic acids is 2. The summed E-state index contributed by atoms with van der Waals surface area (Å²) in [5.41, 5.74) is 11.3. The summed E-state index contributed by atoms with van der Waals surface area (Å²) in [6.45, 7) is 0.869. The van der Waals surface area contributed by atoms with E-state index in [0.29, 0.717) is 38.8 Å². The highest BCUT2D eigenvalue weighted by Gasteiger charge is 2.37. The molecule has 0 spiro atoms. The van der Waals surface area contributed by atoms with Crippen molar-refractivity contribution >= 4 is 23.8 Å². The third kappa shape index (κ3) is 6.31. The number of hydrogen-bond donors (Lipinski definition) is 5. The minimum Gasteiger partial charge on any atom is -0.481 e. The maximum atomic E-state index is 12.4. The van der Waals surface area contributed by atoms with Gasteiger partial charge in [-0.2, -0.15) is 0 Å². The van der Waals surface area contributed by atoms with Crippen molar-refractivity contribution in [2.75, 3.05) is 13.1 Å². The molecule has 1 aliphatic rings. The van der Waals surface area contributed by atoms with Crippen molar-refractivity contribution in [3.63, 3.8) is 0 Å². The molecule has 25 heavy (non-hydrogen) atoms. The largest absolute Gasteiger partial charge is 0.481 e. The lowest BCUT2D eigenvalue weighted by atomic mass is 10.1. The summed E-state index contributed by atoms with van der Waals surface area (Å²) >= 11 is 0. The van der Waals surface area contributed by atoms with Crippen molar-refractivity contribution < 1.29 is 29.4 Å². The van der Waals surface area contributed by atoms with Gasteiger partial charge in [0.15, 0.2) is 0 Å². The lowest BCUT2D eigenvalue weighted by Gasteiger charge is -2.27. The molecule has 10 nitrogen and oxygen atoms in total. The Kier molecular flexibility index (Phi) is 8.29. The third-order valence-corrected chi connectivity index (χ3v) is 4.12. The van der Waals surface area contributed by atoms with Crippen LogP contribution in [0.3, 0.4) is 0 Å². The molecule has 0 radical (unpaired) electrons. The first-order valence-corrected chi connectivity index (χ1v) is 8.29. The molecule has 1 heterocycles. The first kappa shape index (κ1) is 20.8. The van der Waals surface area contributed by atoms with E-state index in [4.69, 9.17) is 21.7 Å². The SMILES string of the molecule is NCCCC[C@H](N)C(=O)N1CCC[C@H]1C(=O)N[C@@H](CC(=O)O)C(=O)O. The van der Waals surface area contributed by atoms with Crippen molar-refractivity contribution in [2.45, 2.75) is 56.7 Å².